The molecule has 0 saturated carbocycles. The van der Waals surface area contributed by atoms with Crippen molar-refractivity contribution in [1.29, 1.82) is 0 Å². The molecule has 0 bridgehead atoms. The molecule has 32 heavy (non-hydrogen) atoms. The summed E-state index contributed by atoms with van der Waals surface area (Å²) in [6.07, 6.45) is 2.63. The van der Waals surface area contributed by atoms with Crippen LogP contribution in [0.2, 0.25) is 0 Å². The minimum Gasteiger partial charge on any atom is -0.444 e. The van der Waals surface area contributed by atoms with E-state index in [-0.39, 0.29) is 30.3 Å². The van der Waals surface area contributed by atoms with Crippen molar-refractivity contribution in [2.45, 2.75) is 58.6 Å². The first-order valence-corrected chi connectivity index (χ1v) is 11.4. The third-order valence-corrected chi connectivity index (χ3v) is 5.99. The molecule has 8 heteroatoms. The van der Waals surface area contributed by atoms with Gasteiger partial charge in [-0.1, -0.05) is 12.1 Å². The molecule has 1 aromatic rings. The Labute approximate surface area is 189 Å². The Hall–Kier alpha value is -2.64. The van der Waals surface area contributed by atoms with Crippen LogP contribution in [0.5, 0.6) is 0 Å². The van der Waals surface area contributed by atoms with Gasteiger partial charge in [0.25, 0.3) is 0 Å². The molecule has 3 amide bonds. The molecule has 0 radical (unpaired) electrons. The Morgan fingerprint density at radius 2 is 1.69 bits per heavy atom. The van der Waals surface area contributed by atoms with Gasteiger partial charge >= 0.3 is 6.09 Å². The maximum Gasteiger partial charge on any atom is 0.410 e. The fraction of sp³-hybridized carbons (Fsp3) is 0.625. The van der Waals surface area contributed by atoms with Crippen LogP contribution >= 0.6 is 0 Å². The summed E-state index contributed by atoms with van der Waals surface area (Å²) in [5.74, 6) is 0.0214. The first-order valence-electron chi connectivity index (χ1n) is 11.4. The van der Waals surface area contributed by atoms with Crippen LogP contribution in [0.25, 0.3) is 0 Å². The molecule has 2 fully saturated rings. The van der Waals surface area contributed by atoms with E-state index >= 15 is 0 Å². The number of rotatable bonds is 5. The standard InChI is InChI=1S/C24H34FN3O4/c1-24(2,3)32-23(31)26-12-10-18(11-13-26)6-9-21(29)28-15-14-27(22(30)17-28)16-19-4-7-20(25)8-5-19/h4-5,7-8,18H,6,9-17H2,1-3H3. The zero-order valence-electron chi connectivity index (χ0n) is 19.3. The molecule has 3 rings (SSSR count). The molecule has 176 valence electrons. The summed E-state index contributed by atoms with van der Waals surface area (Å²) in [6, 6.07) is 6.12. The van der Waals surface area contributed by atoms with Crippen LogP contribution in [0.15, 0.2) is 24.3 Å². The summed E-state index contributed by atoms with van der Waals surface area (Å²) in [5, 5.41) is 0. The van der Waals surface area contributed by atoms with Crippen LogP contribution in [-0.2, 0) is 20.9 Å². The number of piperazine rings is 1. The van der Waals surface area contributed by atoms with Crippen LogP contribution in [-0.4, -0.2) is 70.9 Å². The summed E-state index contributed by atoms with van der Waals surface area (Å²) in [6.45, 7) is 8.39. The highest BCUT2D eigenvalue weighted by atomic mass is 19.1. The lowest BCUT2D eigenvalue weighted by atomic mass is 9.92. The summed E-state index contributed by atoms with van der Waals surface area (Å²) in [4.78, 5) is 42.4. The van der Waals surface area contributed by atoms with Crippen LogP contribution in [0.1, 0.15) is 52.0 Å². The highest BCUT2D eigenvalue weighted by molar-refractivity contribution is 5.86. The van der Waals surface area contributed by atoms with Gasteiger partial charge < -0.3 is 19.4 Å². The van der Waals surface area contributed by atoms with E-state index in [1.54, 1.807) is 26.8 Å². The number of halogens is 1. The molecule has 2 saturated heterocycles. The normalized spacial score (nSPS) is 18.1. The maximum atomic E-state index is 13.1. The van der Waals surface area contributed by atoms with E-state index < -0.39 is 5.60 Å². The monoisotopic (exact) mass is 447 g/mol. The average Bonchev–Trinajstić information content (AvgIpc) is 2.74. The first kappa shape index (κ1) is 24.0. The first-order chi connectivity index (χ1) is 15.1. The van der Waals surface area contributed by atoms with Crippen molar-refractivity contribution in [3.8, 4) is 0 Å². The molecule has 2 aliphatic heterocycles. The molecular formula is C24H34FN3O4. The second kappa shape index (κ2) is 10.3. The van der Waals surface area contributed by atoms with E-state index in [9.17, 15) is 18.8 Å². The smallest absolute Gasteiger partial charge is 0.410 e. The van der Waals surface area contributed by atoms with Crippen molar-refractivity contribution in [1.82, 2.24) is 14.7 Å². The van der Waals surface area contributed by atoms with Crippen LogP contribution in [0.4, 0.5) is 9.18 Å². The number of benzene rings is 1. The third-order valence-electron chi connectivity index (χ3n) is 5.99. The van der Waals surface area contributed by atoms with E-state index in [1.165, 1.54) is 12.1 Å². The molecule has 7 nitrogen and oxygen atoms in total. The van der Waals surface area contributed by atoms with Crippen molar-refractivity contribution in [2.75, 3.05) is 32.7 Å². The molecule has 0 spiro atoms. The highest BCUT2D eigenvalue weighted by Gasteiger charge is 2.29. The zero-order valence-corrected chi connectivity index (χ0v) is 19.3. The Morgan fingerprint density at radius 1 is 1.03 bits per heavy atom. The largest absolute Gasteiger partial charge is 0.444 e. The summed E-state index contributed by atoms with van der Waals surface area (Å²) in [5.41, 5.74) is 0.373. The van der Waals surface area contributed by atoms with Gasteiger partial charge in [-0.25, -0.2) is 9.18 Å². The lowest BCUT2D eigenvalue weighted by Crippen LogP contribution is -2.51. The van der Waals surface area contributed by atoms with Gasteiger partial charge in [0.1, 0.15) is 11.4 Å². The van der Waals surface area contributed by atoms with Gasteiger partial charge in [-0.3, -0.25) is 9.59 Å². The third kappa shape index (κ3) is 6.93. The summed E-state index contributed by atoms with van der Waals surface area (Å²) in [7, 11) is 0. The van der Waals surface area contributed by atoms with E-state index in [0.717, 1.165) is 24.8 Å². The fourth-order valence-electron chi connectivity index (χ4n) is 4.12. The summed E-state index contributed by atoms with van der Waals surface area (Å²) < 4.78 is 18.5. The number of carbonyl (C=O) groups excluding carboxylic acids is 3. The number of amides is 3. The van der Waals surface area contributed by atoms with Crippen LogP contribution in [0, 0.1) is 11.7 Å². The number of hydrogen-bond donors (Lipinski definition) is 0. The zero-order chi connectivity index (χ0) is 23.3. The highest BCUT2D eigenvalue weighted by Crippen LogP contribution is 2.24. The molecular weight excluding hydrogens is 413 g/mol. The summed E-state index contributed by atoms with van der Waals surface area (Å²) >= 11 is 0. The second-order valence-corrected chi connectivity index (χ2v) is 9.71. The fourth-order valence-corrected chi connectivity index (χ4v) is 4.12. The van der Waals surface area contributed by atoms with Gasteiger partial charge in [0.2, 0.25) is 11.8 Å². The van der Waals surface area contributed by atoms with Gasteiger partial charge in [-0.05, 0) is 63.6 Å². The van der Waals surface area contributed by atoms with Crippen LogP contribution in [0.3, 0.4) is 0 Å². The number of nitrogens with zero attached hydrogens (tertiary/aromatic N) is 3. The van der Waals surface area contributed by atoms with Crippen molar-refractivity contribution in [3.63, 3.8) is 0 Å². The molecule has 0 N–H and O–H groups in total. The SMILES string of the molecule is CC(C)(C)OC(=O)N1CCC(CCC(=O)N2CCN(Cc3ccc(F)cc3)C(=O)C2)CC1. The number of likely N-dealkylation sites (tertiary alicyclic amines) is 1. The molecule has 0 atom stereocenters. The van der Waals surface area contributed by atoms with Crippen molar-refractivity contribution < 1.29 is 23.5 Å². The second-order valence-electron chi connectivity index (χ2n) is 9.71. The van der Waals surface area contributed by atoms with E-state index in [2.05, 4.69) is 0 Å². The Morgan fingerprint density at radius 3 is 2.28 bits per heavy atom. The molecule has 0 aliphatic carbocycles. The minimum absolute atomic E-state index is 0.00866. The molecule has 1 aromatic carbocycles. The van der Waals surface area contributed by atoms with Crippen LogP contribution < -0.4 is 0 Å². The minimum atomic E-state index is -0.499. The van der Waals surface area contributed by atoms with Crippen molar-refractivity contribution in [3.05, 3.63) is 35.6 Å². The topological polar surface area (TPSA) is 70.2 Å². The lowest BCUT2D eigenvalue weighted by Gasteiger charge is -2.35. The van der Waals surface area contributed by atoms with Crippen molar-refractivity contribution in [2.24, 2.45) is 5.92 Å². The van der Waals surface area contributed by atoms with Gasteiger partial charge in [0.15, 0.2) is 0 Å². The quantitative estimate of drug-likeness (QED) is 0.694. The molecule has 2 aliphatic rings. The van der Waals surface area contributed by atoms with Gasteiger partial charge in [0.05, 0.1) is 6.54 Å². The number of ether oxygens (including phenoxy) is 1. The predicted molar refractivity (Wildman–Crippen MR) is 118 cm³/mol. The Balaban J connectivity index is 1.37. The van der Waals surface area contributed by atoms with E-state index in [0.29, 0.717) is 45.1 Å². The Bertz CT molecular complexity index is 814. The molecule has 0 aromatic heterocycles. The molecule has 0 unspecified atom stereocenters. The van der Waals surface area contributed by atoms with E-state index in [1.807, 2.05) is 20.8 Å². The number of hydrogen-bond acceptors (Lipinski definition) is 4. The van der Waals surface area contributed by atoms with Gasteiger partial charge in [0, 0.05) is 39.1 Å². The Kier molecular flexibility index (Phi) is 7.74. The number of carbonyl (C=O) groups is 3. The number of piperidine rings is 1. The lowest BCUT2D eigenvalue weighted by molar-refractivity contribution is -0.145. The predicted octanol–water partition coefficient (Wildman–Crippen LogP) is 3.42. The average molecular weight is 448 g/mol. The van der Waals surface area contributed by atoms with E-state index in [4.69, 9.17) is 4.74 Å². The molecule has 2 heterocycles. The van der Waals surface area contributed by atoms with Gasteiger partial charge in [-0.2, -0.15) is 0 Å². The maximum absolute atomic E-state index is 13.1. The van der Waals surface area contributed by atoms with Crippen molar-refractivity contribution >= 4 is 17.9 Å². The van der Waals surface area contributed by atoms with Gasteiger partial charge in [-0.15, -0.1) is 0 Å².